The van der Waals surface area contributed by atoms with E-state index in [1.165, 1.54) is 12.1 Å². The highest BCUT2D eigenvalue weighted by Crippen LogP contribution is 2.19. The molecule has 0 aromatic heterocycles. The summed E-state index contributed by atoms with van der Waals surface area (Å²) in [7, 11) is -2.98. The van der Waals surface area contributed by atoms with E-state index in [0.717, 1.165) is 5.56 Å². The van der Waals surface area contributed by atoms with Crippen LogP contribution in [-0.2, 0) is 9.84 Å². The molecule has 1 aromatic rings. The van der Waals surface area contributed by atoms with Crippen LogP contribution in [-0.4, -0.2) is 26.5 Å². The Hall–Kier alpha value is -0.940. The molecule has 102 valence electrons. The molecule has 1 atom stereocenters. The molecule has 2 N–H and O–H groups in total. The third-order valence-electron chi connectivity index (χ3n) is 2.92. The second-order valence-electron chi connectivity index (χ2n) is 4.42. The van der Waals surface area contributed by atoms with Gasteiger partial charge in [0.1, 0.15) is 15.7 Å². The lowest BCUT2D eigenvalue weighted by Crippen LogP contribution is -2.18. The smallest absolute Gasteiger partial charge is 0.150 e. The van der Waals surface area contributed by atoms with Gasteiger partial charge in [0, 0.05) is 5.75 Å². The van der Waals surface area contributed by atoms with Gasteiger partial charge in [0.25, 0.3) is 0 Å². The molecular formula is C13H20FNO2S. The Morgan fingerprint density at radius 1 is 1.22 bits per heavy atom. The van der Waals surface area contributed by atoms with Crippen LogP contribution in [0.1, 0.15) is 31.2 Å². The van der Waals surface area contributed by atoms with Crippen LogP contribution in [0.3, 0.4) is 0 Å². The van der Waals surface area contributed by atoms with Crippen molar-refractivity contribution in [1.82, 2.24) is 0 Å². The highest BCUT2D eigenvalue weighted by Gasteiger charge is 2.15. The van der Waals surface area contributed by atoms with Gasteiger partial charge >= 0.3 is 0 Å². The van der Waals surface area contributed by atoms with E-state index in [4.69, 9.17) is 5.73 Å². The van der Waals surface area contributed by atoms with Crippen LogP contribution in [0.15, 0.2) is 24.3 Å². The molecule has 1 aromatic carbocycles. The number of sulfone groups is 1. The molecule has 1 rings (SSSR count). The average Bonchev–Trinajstić information content (AvgIpc) is 2.32. The maximum Gasteiger partial charge on any atom is 0.150 e. The molecule has 0 radical (unpaired) electrons. The molecule has 0 spiro atoms. The lowest BCUT2D eigenvalue weighted by Gasteiger charge is -2.15. The Bertz CT molecular complexity index is 456. The van der Waals surface area contributed by atoms with Gasteiger partial charge in [-0.05, 0) is 43.0 Å². The number of hydrogen-bond donors (Lipinski definition) is 1. The lowest BCUT2D eigenvalue weighted by molar-refractivity contribution is 0.582. The van der Waals surface area contributed by atoms with Crippen LogP contribution >= 0.6 is 0 Å². The van der Waals surface area contributed by atoms with Gasteiger partial charge in [0.2, 0.25) is 0 Å². The van der Waals surface area contributed by atoms with Crippen LogP contribution in [0.25, 0.3) is 0 Å². The van der Waals surface area contributed by atoms with Crippen molar-refractivity contribution in [3.63, 3.8) is 0 Å². The van der Waals surface area contributed by atoms with Crippen LogP contribution < -0.4 is 5.73 Å². The van der Waals surface area contributed by atoms with E-state index in [2.05, 4.69) is 0 Å². The predicted octanol–water partition coefficient (Wildman–Crippen LogP) is 2.08. The summed E-state index contributed by atoms with van der Waals surface area (Å²) < 4.78 is 36.1. The first kappa shape index (κ1) is 15.1. The zero-order valence-corrected chi connectivity index (χ0v) is 11.4. The summed E-state index contributed by atoms with van der Waals surface area (Å²) in [6.45, 7) is 2.21. The van der Waals surface area contributed by atoms with Crippen molar-refractivity contribution in [3.8, 4) is 0 Å². The van der Waals surface area contributed by atoms with Crippen LogP contribution in [0.2, 0.25) is 0 Å². The van der Waals surface area contributed by atoms with E-state index < -0.39 is 9.84 Å². The zero-order valence-electron chi connectivity index (χ0n) is 10.6. The largest absolute Gasteiger partial charge is 0.330 e. The number of nitrogens with two attached hydrogens (primary N) is 1. The van der Waals surface area contributed by atoms with Gasteiger partial charge in [-0.1, -0.05) is 19.1 Å². The minimum atomic E-state index is -2.98. The fourth-order valence-corrected chi connectivity index (χ4v) is 3.36. The van der Waals surface area contributed by atoms with Crippen LogP contribution in [0, 0.1) is 5.82 Å². The zero-order chi connectivity index (χ0) is 13.6. The summed E-state index contributed by atoms with van der Waals surface area (Å²) in [6, 6.07) is 6.08. The molecule has 0 aliphatic rings. The van der Waals surface area contributed by atoms with Crippen LogP contribution in [0.4, 0.5) is 4.39 Å². The lowest BCUT2D eigenvalue weighted by atomic mass is 9.97. The molecule has 0 saturated heterocycles. The topological polar surface area (TPSA) is 60.2 Å². The quantitative estimate of drug-likeness (QED) is 0.827. The predicted molar refractivity (Wildman–Crippen MR) is 71.8 cm³/mol. The van der Waals surface area contributed by atoms with Crippen molar-refractivity contribution in [2.24, 2.45) is 5.73 Å². The summed E-state index contributed by atoms with van der Waals surface area (Å²) in [5.41, 5.74) is 6.55. The van der Waals surface area contributed by atoms with Gasteiger partial charge in [0.15, 0.2) is 0 Å². The first-order chi connectivity index (χ1) is 8.48. The van der Waals surface area contributed by atoms with Crippen molar-refractivity contribution < 1.29 is 12.8 Å². The molecule has 0 aliphatic carbocycles. The Labute approximate surface area is 108 Å². The fourth-order valence-electron chi connectivity index (χ4n) is 1.89. The first-order valence-electron chi connectivity index (χ1n) is 6.14. The summed E-state index contributed by atoms with van der Waals surface area (Å²) in [5.74, 6) is 0.0266. The number of halogens is 1. The number of rotatable bonds is 7. The maximum absolute atomic E-state index is 12.8. The van der Waals surface area contributed by atoms with Crippen molar-refractivity contribution in [3.05, 3.63) is 35.6 Å². The van der Waals surface area contributed by atoms with Gasteiger partial charge in [-0.25, -0.2) is 12.8 Å². The Balaban J connectivity index is 2.65. The van der Waals surface area contributed by atoms with Crippen molar-refractivity contribution in [2.75, 3.05) is 18.1 Å². The minimum absolute atomic E-state index is 0.0303. The fraction of sp³-hybridized carbons (Fsp3) is 0.538. The monoisotopic (exact) mass is 273 g/mol. The summed E-state index contributed by atoms with van der Waals surface area (Å²) >= 11 is 0. The molecule has 3 nitrogen and oxygen atoms in total. The van der Waals surface area contributed by atoms with Crippen LogP contribution in [0.5, 0.6) is 0 Å². The highest BCUT2D eigenvalue weighted by molar-refractivity contribution is 7.91. The van der Waals surface area contributed by atoms with E-state index >= 15 is 0 Å². The van der Waals surface area contributed by atoms with Gasteiger partial charge in [-0.2, -0.15) is 0 Å². The van der Waals surface area contributed by atoms with Gasteiger partial charge in [0.05, 0.1) is 5.75 Å². The second-order valence-corrected chi connectivity index (χ2v) is 6.73. The Morgan fingerprint density at radius 3 is 2.33 bits per heavy atom. The van der Waals surface area contributed by atoms with Crippen molar-refractivity contribution >= 4 is 9.84 Å². The minimum Gasteiger partial charge on any atom is -0.330 e. The third kappa shape index (κ3) is 4.74. The van der Waals surface area contributed by atoms with Crippen molar-refractivity contribution in [1.29, 1.82) is 0 Å². The summed E-state index contributed by atoms with van der Waals surface area (Å²) in [5, 5.41) is 0. The number of hydrogen-bond acceptors (Lipinski definition) is 3. The summed E-state index contributed by atoms with van der Waals surface area (Å²) in [6.07, 6.45) is 1.12. The van der Waals surface area contributed by atoms with Gasteiger partial charge in [-0.3, -0.25) is 0 Å². The molecule has 0 heterocycles. The molecule has 0 saturated carbocycles. The van der Waals surface area contributed by atoms with E-state index in [-0.39, 0.29) is 23.2 Å². The number of benzene rings is 1. The maximum atomic E-state index is 12.8. The summed E-state index contributed by atoms with van der Waals surface area (Å²) in [4.78, 5) is 0. The molecule has 0 aliphatic heterocycles. The molecule has 0 fully saturated rings. The highest BCUT2D eigenvalue weighted by atomic mass is 32.2. The molecule has 18 heavy (non-hydrogen) atoms. The molecule has 1 unspecified atom stereocenters. The molecule has 0 amide bonds. The second kappa shape index (κ2) is 6.85. The molecule has 5 heteroatoms. The molecule has 0 bridgehead atoms. The normalized spacial score (nSPS) is 13.5. The van der Waals surface area contributed by atoms with Gasteiger partial charge < -0.3 is 5.73 Å². The average molecular weight is 273 g/mol. The van der Waals surface area contributed by atoms with Gasteiger partial charge in [-0.15, -0.1) is 0 Å². The Morgan fingerprint density at radius 2 is 1.83 bits per heavy atom. The molecular weight excluding hydrogens is 253 g/mol. The van der Waals surface area contributed by atoms with E-state index in [1.54, 1.807) is 12.1 Å². The third-order valence-corrected chi connectivity index (χ3v) is 4.81. The Kier molecular flexibility index (Phi) is 5.75. The van der Waals surface area contributed by atoms with Crippen molar-refractivity contribution in [2.45, 2.75) is 25.7 Å². The standard InChI is InChI=1S/C13H20FNO2S/c1-2-8-18(16,17)9-7-12(10-15)11-3-5-13(14)6-4-11/h3-6,12H,2,7-10,15H2,1H3. The van der Waals surface area contributed by atoms with E-state index in [1.807, 2.05) is 6.92 Å². The van der Waals surface area contributed by atoms with E-state index in [0.29, 0.717) is 19.4 Å². The SMILES string of the molecule is CCCS(=O)(=O)CCC(CN)c1ccc(F)cc1. The van der Waals surface area contributed by atoms with E-state index in [9.17, 15) is 12.8 Å². The first-order valence-corrected chi connectivity index (χ1v) is 7.96.